The highest BCUT2D eigenvalue weighted by Gasteiger charge is 2.37. The van der Waals surface area contributed by atoms with E-state index in [-0.39, 0.29) is 31.6 Å². The van der Waals surface area contributed by atoms with E-state index in [1.165, 1.54) is 34.7 Å². The van der Waals surface area contributed by atoms with Gasteiger partial charge in [-0.2, -0.15) is 0 Å². The molecule has 3 unspecified atom stereocenters. The van der Waals surface area contributed by atoms with Crippen molar-refractivity contribution >= 4 is 53.3 Å². The average molecular weight is 760 g/mol. The van der Waals surface area contributed by atoms with Gasteiger partial charge in [0.2, 0.25) is 41.4 Å². The number of carbonyl (C=O) groups is 9. The van der Waals surface area contributed by atoms with Crippen molar-refractivity contribution in [1.29, 1.82) is 0 Å². The van der Waals surface area contributed by atoms with Crippen molar-refractivity contribution < 1.29 is 53.4 Å². The average Bonchev–Trinajstić information content (AvgIpc) is 3.09. The number of aliphatic carboxylic acids is 2. The van der Waals surface area contributed by atoms with Crippen LogP contribution in [0.1, 0.15) is 66.4 Å². The first kappa shape index (κ1) is 44.6. The summed E-state index contributed by atoms with van der Waals surface area (Å²) in [4.78, 5) is 118. The number of hydrogen-bond donors (Lipinski definition) is 8. The summed E-state index contributed by atoms with van der Waals surface area (Å²) in [5.74, 6) is -11.0. The Morgan fingerprint density at radius 3 is 1.87 bits per heavy atom. The smallest absolute Gasteiger partial charge is 0.327 e. The molecule has 7 amide bonds. The summed E-state index contributed by atoms with van der Waals surface area (Å²) < 4.78 is 0. The largest absolute Gasteiger partial charge is 0.480 e. The lowest BCUT2D eigenvalue weighted by Gasteiger charge is -2.28. The van der Waals surface area contributed by atoms with Crippen LogP contribution in [0, 0.1) is 17.8 Å². The van der Waals surface area contributed by atoms with E-state index in [9.17, 15) is 53.4 Å². The molecule has 1 aromatic carbocycles. The lowest BCUT2D eigenvalue weighted by molar-refractivity contribution is -0.146. The van der Waals surface area contributed by atoms with Gasteiger partial charge in [0.25, 0.3) is 0 Å². The second-order valence-corrected chi connectivity index (χ2v) is 14.1. The van der Waals surface area contributed by atoms with Gasteiger partial charge in [-0.15, -0.1) is 0 Å². The van der Waals surface area contributed by atoms with Crippen molar-refractivity contribution in [1.82, 2.24) is 36.8 Å². The number of amides is 7. The van der Waals surface area contributed by atoms with Gasteiger partial charge in [0.1, 0.15) is 30.2 Å². The minimum Gasteiger partial charge on any atom is -0.480 e. The molecule has 18 heteroatoms. The van der Waals surface area contributed by atoms with Crippen LogP contribution in [0.25, 0.3) is 0 Å². The molecule has 18 nitrogen and oxygen atoms in total. The molecule has 0 radical (unpaired) electrons. The topological polar surface area (TPSA) is 270 Å². The van der Waals surface area contributed by atoms with E-state index in [1.54, 1.807) is 44.2 Å². The molecule has 0 bridgehead atoms. The van der Waals surface area contributed by atoms with Crippen molar-refractivity contribution in [3.8, 4) is 0 Å². The van der Waals surface area contributed by atoms with Crippen LogP contribution in [0.5, 0.6) is 0 Å². The fourth-order valence-corrected chi connectivity index (χ4v) is 5.52. The number of hydrogen-bond acceptors (Lipinski definition) is 9. The molecule has 1 fully saturated rings. The van der Waals surface area contributed by atoms with E-state index in [0.717, 1.165) is 4.90 Å². The van der Waals surface area contributed by atoms with E-state index in [1.807, 2.05) is 0 Å². The highest BCUT2D eigenvalue weighted by Crippen LogP contribution is 2.13. The summed E-state index contributed by atoms with van der Waals surface area (Å²) in [7, 11) is 1.30. The highest BCUT2D eigenvalue weighted by molar-refractivity contribution is 5.96. The Bertz CT molecular complexity index is 1550. The number of rotatable bonds is 6. The molecule has 8 atom stereocenters. The van der Waals surface area contributed by atoms with Crippen LogP contribution in [-0.4, -0.2) is 118 Å². The first-order valence-electron chi connectivity index (χ1n) is 17.8. The number of carbonyl (C=O) groups excluding carboxylic acids is 7. The summed E-state index contributed by atoms with van der Waals surface area (Å²) in [6.07, 6.45) is -0.658. The van der Waals surface area contributed by atoms with Crippen LogP contribution in [-0.2, 0) is 49.6 Å². The van der Waals surface area contributed by atoms with Gasteiger partial charge in [0.05, 0.1) is 18.4 Å². The first-order chi connectivity index (χ1) is 25.2. The predicted octanol–water partition coefficient (Wildman–Crippen LogP) is -1.08. The zero-order valence-corrected chi connectivity index (χ0v) is 31.6. The van der Waals surface area contributed by atoms with Crippen LogP contribution < -0.4 is 31.9 Å². The monoisotopic (exact) mass is 759 g/mol. The van der Waals surface area contributed by atoms with Gasteiger partial charge in [0, 0.05) is 25.9 Å². The molecule has 1 saturated heterocycles. The van der Waals surface area contributed by atoms with Crippen LogP contribution >= 0.6 is 0 Å². The van der Waals surface area contributed by atoms with Crippen LogP contribution in [0.2, 0.25) is 0 Å². The van der Waals surface area contributed by atoms with Crippen LogP contribution in [0.4, 0.5) is 0 Å². The Labute approximate surface area is 313 Å². The van der Waals surface area contributed by atoms with Crippen molar-refractivity contribution in [2.75, 3.05) is 13.6 Å². The van der Waals surface area contributed by atoms with Gasteiger partial charge in [-0.1, -0.05) is 58.0 Å². The van der Waals surface area contributed by atoms with Crippen molar-refractivity contribution in [2.45, 2.75) is 103 Å². The molecular weight excluding hydrogens is 706 g/mol. The van der Waals surface area contributed by atoms with Crippen molar-refractivity contribution in [2.24, 2.45) is 17.8 Å². The maximum Gasteiger partial charge on any atom is 0.327 e. The molecule has 0 spiro atoms. The van der Waals surface area contributed by atoms with E-state index >= 15 is 0 Å². The predicted molar refractivity (Wildman–Crippen MR) is 193 cm³/mol. The summed E-state index contributed by atoms with van der Waals surface area (Å²) in [6, 6.07) is 0.658. The van der Waals surface area contributed by atoms with Gasteiger partial charge in [-0.3, -0.25) is 33.6 Å². The van der Waals surface area contributed by atoms with Gasteiger partial charge in [-0.25, -0.2) is 9.59 Å². The molecule has 0 aromatic heterocycles. The Hall–Kier alpha value is -5.55. The van der Waals surface area contributed by atoms with Crippen LogP contribution in [0.15, 0.2) is 30.3 Å². The van der Waals surface area contributed by atoms with Gasteiger partial charge >= 0.3 is 11.9 Å². The molecular formula is C36H53N7O11. The van der Waals surface area contributed by atoms with Gasteiger partial charge < -0.3 is 47.0 Å². The molecule has 8 N–H and O–H groups in total. The zero-order valence-electron chi connectivity index (χ0n) is 31.6. The fourth-order valence-electron chi connectivity index (χ4n) is 5.52. The highest BCUT2D eigenvalue weighted by atomic mass is 16.4. The number of likely N-dealkylation sites (N-methyl/N-ethyl adjacent to an activating group) is 1. The van der Waals surface area contributed by atoms with Crippen LogP contribution in [0.3, 0.4) is 0 Å². The van der Waals surface area contributed by atoms with E-state index in [2.05, 4.69) is 31.9 Å². The summed E-state index contributed by atoms with van der Waals surface area (Å²) >= 11 is 0. The Balaban J connectivity index is 2.51. The summed E-state index contributed by atoms with van der Waals surface area (Å²) in [5, 5.41) is 34.7. The third kappa shape index (κ3) is 13.8. The Kier molecular flexibility index (Phi) is 17.0. The normalized spacial score (nSPS) is 27.9. The maximum absolute atomic E-state index is 13.7. The van der Waals surface area contributed by atoms with Crippen molar-refractivity contribution in [3.63, 3.8) is 0 Å². The number of nitrogens with one attached hydrogen (secondary N) is 6. The SMILES string of the molecule is CC(C)CC1NC(=O)[C@H](C)NC(=O)CN(C)C(=O)CC[C@@H](C(=O)O)NC(=O)[C@@H](C)[C@H](C)NC(=O)C(Cc2ccccc2)NC(=O)[C@@H](C)C(C(=O)O)NC1=O. The lowest BCUT2D eigenvalue weighted by Crippen LogP contribution is -2.59. The number of carboxylic acid groups (broad SMARTS) is 2. The maximum atomic E-state index is 13.7. The van der Waals surface area contributed by atoms with Crippen molar-refractivity contribution in [3.05, 3.63) is 35.9 Å². The molecule has 0 saturated carbocycles. The molecule has 1 aliphatic rings. The minimum absolute atomic E-state index is 0.0384. The first-order valence-corrected chi connectivity index (χ1v) is 17.8. The van der Waals surface area contributed by atoms with E-state index in [0.29, 0.717) is 5.56 Å². The van der Waals surface area contributed by atoms with E-state index < -0.39 is 108 Å². The summed E-state index contributed by atoms with van der Waals surface area (Å²) in [5.41, 5.74) is 0.637. The molecule has 298 valence electrons. The molecule has 1 heterocycles. The second-order valence-electron chi connectivity index (χ2n) is 14.1. The fraction of sp³-hybridized carbons (Fsp3) is 0.583. The minimum atomic E-state index is -1.80. The van der Waals surface area contributed by atoms with E-state index in [4.69, 9.17) is 0 Å². The van der Waals surface area contributed by atoms with Gasteiger partial charge in [-0.05, 0) is 38.2 Å². The third-order valence-corrected chi connectivity index (χ3v) is 9.11. The molecule has 2 rings (SSSR count). The molecule has 54 heavy (non-hydrogen) atoms. The quantitative estimate of drug-likeness (QED) is 0.173. The van der Waals surface area contributed by atoms with Gasteiger partial charge in [0.15, 0.2) is 0 Å². The summed E-state index contributed by atoms with van der Waals surface area (Å²) in [6.45, 7) is 8.56. The Morgan fingerprint density at radius 2 is 1.30 bits per heavy atom. The lowest BCUT2D eigenvalue weighted by atomic mass is 9.97. The molecule has 1 aliphatic heterocycles. The third-order valence-electron chi connectivity index (χ3n) is 9.11. The number of nitrogens with zero attached hydrogens (tertiary/aromatic N) is 1. The molecule has 0 aliphatic carbocycles. The number of benzene rings is 1. The number of carboxylic acids is 2. The standard InChI is InChI=1S/C36H53N7O11/c1-18(2)15-25-34(50)42-29(36(53)54)20(4)31(47)40-26(16-23-11-9-8-10-12-23)33(49)38-21(5)19(3)30(46)39-24(35(51)52)13-14-28(45)43(7)17-27(44)37-22(6)32(48)41-25/h8-12,18-22,24-26,29H,13-17H2,1-7H3,(H,37,44)(H,38,49)(H,39,46)(H,40,47)(H,41,48)(H,42,50)(H,51,52)(H,53,54)/t19-,20-,21-,22-,24-,25?,26?,29?/m0/s1. The zero-order chi connectivity index (χ0) is 40.9. The second kappa shape index (κ2) is 20.6. The molecule has 1 aromatic rings. The Morgan fingerprint density at radius 1 is 0.722 bits per heavy atom.